The summed E-state index contributed by atoms with van der Waals surface area (Å²) in [5.41, 5.74) is 6.78. The number of nitrogens with zero attached hydrogens (tertiary/aromatic N) is 2. The van der Waals surface area contributed by atoms with Crippen LogP contribution in [0.2, 0.25) is 0 Å². The normalized spacial score (nSPS) is 11.1. The van der Waals surface area contributed by atoms with E-state index >= 15 is 0 Å². The second-order valence-electron chi connectivity index (χ2n) is 4.43. The standard InChI is InChI=1S/C14H15N3O2S2/c1-17(13-8-4-5-9-16-13)21(18,19)10-11-6-2-3-7-12(11)14(15)20/h2-9H,10H2,1H3,(H2,15,20). The molecule has 0 unspecified atom stereocenters. The van der Waals surface area contributed by atoms with E-state index in [-0.39, 0.29) is 10.7 Å². The molecule has 110 valence electrons. The van der Waals surface area contributed by atoms with Crippen molar-refractivity contribution in [3.63, 3.8) is 0 Å². The van der Waals surface area contributed by atoms with Gasteiger partial charge in [-0.1, -0.05) is 42.5 Å². The van der Waals surface area contributed by atoms with Crippen molar-refractivity contribution in [2.45, 2.75) is 5.75 Å². The van der Waals surface area contributed by atoms with Gasteiger partial charge in [-0.05, 0) is 17.7 Å². The van der Waals surface area contributed by atoms with Crippen LogP contribution in [-0.4, -0.2) is 25.4 Å². The minimum atomic E-state index is -3.57. The number of hydrogen-bond donors (Lipinski definition) is 1. The van der Waals surface area contributed by atoms with Crippen molar-refractivity contribution in [1.29, 1.82) is 0 Å². The lowest BCUT2D eigenvalue weighted by Gasteiger charge is -2.19. The van der Waals surface area contributed by atoms with Gasteiger partial charge < -0.3 is 5.73 Å². The molecule has 5 nitrogen and oxygen atoms in total. The van der Waals surface area contributed by atoms with E-state index in [0.717, 1.165) is 4.31 Å². The van der Waals surface area contributed by atoms with Gasteiger partial charge in [-0.3, -0.25) is 4.31 Å². The topological polar surface area (TPSA) is 76.3 Å². The molecule has 0 aliphatic heterocycles. The van der Waals surface area contributed by atoms with E-state index in [0.29, 0.717) is 16.9 Å². The third-order valence-electron chi connectivity index (χ3n) is 3.01. The van der Waals surface area contributed by atoms with E-state index in [1.165, 1.54) is 7.05 Å². The molecule has 1 aromatic carbocycles. The molecular formula is C14H15N3O2S2. The monoisotopic (exact) mass is 321 g/mol. The summed E-state index contributed by atoms with van der Waals surface area (Å²) >= 11 is 4.95. The maximum absolute atomic E-state index is 12.5. The Hall–Kier alpha value is -1.99. The first kappa shape index (κ1) is 15.4. The smallest absolute Gasteiger partial charge is 0.240 e. The number of thiocarbonyl (C=S) groups is 1. The van der Waals surface area contributed by atoms with Crippen LogP contribution in [0.4, 0.5) is 5.82 Å². The Labute approximate surface area is 129 Å². The quantitative estimate of drug-likeness (QED) is 0.848. The van der Waals surface area contributed by atoms with Crippen molar-refractivity contribution in [3.8, 4) is 0 Å². The molecule has 21 heavy (non-hydrogen) atoms. The SMILES string of the molecule is CN(c1ccccn1)S(=O)(=O)Cc1ccccc1C(N)=S. The Kier molecular flexibility index (Phi) is 4.54. The predicted octanol–water partition coefficient (Wildman–Crippen LogP) is 1.68. The van der Waals surface area contributed by atoms with Gasteiger partial charge in [0.2, 0.25) is 10.0 Å². The van der Waals surface area contributed by atoms with E-state index in [9.17, 15) is 8.42 Å². The number of hydrogen-bond acceptors (Lipinski definition) is 4. The minimum Gasteiger partial charge on any atom is -0.389 e. The average molecular weight is 321 g/mol. The summed E-state index contributed by atoms with van der Waals surface area (Å²) in [4.78, 5) is 4.22. The van der Waals surface area contributed by atoms with Gasteiger partial charge in [0.1, 0.15) is 10.8 Å². The number of anilines is 1. The summed E-state index contributed by atoms with van der Waals surface area (Å²) < 4.78 is 26.1. The van der Waals surface area contributed by atoms with Crippen LogP contribution in [0, 0.1) is 0 Å². The van der Waals surface area contributed by atoms with Crippen LogP contribution in [-0.2, 0) is 15.8 Å². The first-order valence-electron chi connectivity index (χ1n) is 6.17. The zero-order valence-electron chi connectivity index (χ0n) is 11.4. The largest absolute Gasteiger partial charge is 0.389 e. The Morgan fingerprint density at radius 2 is 1.90 bits per heavy atom. The van der Waals surface area contributed by atoms with Crippen LogP contribution in [0.5, 0.6) is 0 Å². The Morgan fingerprint density at radius 3 is 2.52 bits per heavy atom. The molecule has 2 aromatic rings. The molecule has 0 fully saturated rings. The molecule has 0 bridgehead atoms. The second-order valence-corrected chi connectivity index (χ2v) is 6.87. The summed E-state index contributed by atoms with van der Waals surface area (Å²) in [6.45, 7) is 0. The number of rotatable bonds is 5. The fourth-order valence-corrected chi connectivity index (χ4v) is 3.29. The van der Waals surface area contributed by atoms with Crippen LogP contribution in [0.1, 0.15) is 11.1 Å². The van der Waals surface area contributed by atoms with Crippen molar-refractivity contribution in [1.82, 2.24) is 4.98 Å². The lowest BCUT2D eigenvalue weighted by Crippen LogP contribution is -2.29. The van der Waals surface area contributed by atoms with E-state index in [4.69, 9.17) is 18.0 Å². The molecule has 0 aliphatic rings. The number of aromatic nitrogens is 1. The molecule has 0 saturated heterocycles. The summed E-state index contributed by atoms with van der Waals surface area (Å²) in [5.74, 6) is 0.179. The highest BCUT2D eigenvalue weighted by atomic mass is 32.2. The Bertz CT molecular complexity index is 746. The predicted molar refractivity (Wildman–Crippen MR) is 87.6 cm³/mol. The molecule has 0 saturated carbocycles. The summed E-state index contributed by atoms with van der Waals surface area (Å²) in [6.07, 6.45) is 1.55. The van der Waals surface area contributed by atoms with Crippen LogP contribution < -0.4 is 10.0 Å². The summed E-state index contributed by atoms with van der Waals surface area (Å²) in [6, 6.07) is 12.0. The highest BCUT2D eigenvalue weighted by Crippen LogP contribution is 2.18. The first-order valence-corrected chi connectivity index (χ1v) is 8.19. The van der Waals surface area contributed by atoms with Crippen molar-refractivity contribution in [3.05, 3.63) is 59.8 Å². The fourth-order valence-electron chi connectivity index (χ4n) is 1.86. The maximum atomic E-state index is 12.5. The molecule has 2 N–H and O–H groups in total. The highest BCUT2D eigenvalue weighted by Gasteiger charge is 2.21. The van der Waals surface area contributed by atoms with Gasteiger partial charge >= 0.3 is 0 Å². The van der Waals surface area contributed by atoms with E-state index in [1.807, 2.05) is 0 Å². The van der Waals surface area contributed by atoms with Crippen molar-refractivity contribution in [2.75, 3.05) is 11.4 Å². The van der Waals surface area contributed by atoms with Crippen LogP contribution in [0.25, 0.3) is 0 Å². The van der Waals surface area contributed by atoms with Gasteiger partial charge in [0, 0.05) is 18.8 Å². The Morgan fingerprint density at radius 1 is 1.24 bits per heavy atom. The van der Waals surface area contributed by atoms with Crippen LogP contribution >= 0.6 is 12.2 Å². The third-order valence-corrected chi connectivity index (χ3v) is 4.93. The van der Waals surface area contributed by atoms with Gasteiger partial charge in [-0.2, -0.15) is 0 Å². The van der Waals surface area contributed by atoms with Crippen molar-refractivity contribution >= 4 is 33.0 Å². The number of benzene rings is 1. The van der Waals surface area contributed by atoms with E-state index in [1.54, 1.807) is 48.7 Å². The molecule has 0 spiro atoms. The molecule has 0 radical (unpaired) electrons. The van der Waals surface area contributed by atoms with Gasteiger partial charge in [-0.25, -0.2) is 13.4 Å². The fraction of sp³-hybridized carbons (Fsp3) is 0.143. The van der Waals surface area contributed by atoms with Crippen LogP contribution in [0.3, 0.4) is 0 Å². The molecule has 7 heteroatoms. The molecule has 0 amide bonds. The molecule has 2 rings (SSSR count). The summed E-state index contributed by atoms with van der Waals surface area (Å²) in [7, 11) is -2.09. The number of sulfonamides is 1. The van der Waals surface area contributed by atoms with Gasteiger partial charge in [0.05, 0.1) is 5.75 Å². The van der Waals surface area contributed by atoms with E-state index < -0.39 is 10.0 Å². The van der Waals surface area contributed by atoms with Crippen LogP contribution in [0.15, 0.2) is 48.7 Å². The van der Waals surface area contributed by atoms with Crippen molar-refractivity contribution in [2.24, 2.45) is 5.73 Å². The zero-order valence-corrected chi connectivity index (χ0v) is 13.1. The highest BCUT2D eigenvalue weighted by molar-refractivity contribution is 7.92. The minimum absolute atomic E-state index is 0.182. The second kappa shape index (κ2) is 6.19. The third kappa shape index (κ3) is 3.56. The van der Waals surface area contributed by atoms with Gasteiger partial charge in [0.15, 0.2) is 0 Å². The van der Waals surface area contributed by atoms with Crippen molar-refractivity contribution < 1.29 is 8.42 Å². The molecule has 0 aliphatic carbocycles. The molecule has 0 atom stereocenters. The number of nitrogens with two attached hydrogens (primary N) is 1. The zero-order chi connectivity index (χ0) is 15.5. The lowest BCUT2D eigenvalue weighted by atomic mass is 10.1. The molecule has 1 aromatic heterocycles. The lowest BCUT2D eigenvalue weighted by molar-refractivity contribution is 0.593. The van der Waals surface area contributed by atoms with E-state index in [2.05, 4.69) is 4.98 Å². The molecular weight excluding hydrogens is 306 g/mol. The molecule has 1 heterocycles. The maximum Gasteiger partial charge on any atom is 0.240 e. The number of pyridine rings is 1. The first-order chi connectivity index (χ1) is 9.92. The summed E-state index contributed by atoms with van der Waals surface area (Å²) in [5, 5.41) is 0. The Balaban J connectivity index is 2.32. The van der Waals surface area contributed by atoms with Gasteiger partial charge in [-0.15, -0.1) is 0 Å². The van der Waals surface area contributed by atoms with Gasteiger partial charge in [0.25, 0.3) is 0 Å². The average Bonchev–Trinajstić information content (AvgIpc) is 2.47.